The number of anilines is 2. The van der Waals surface area contributed by atoms with Gasteiger partial charge in [-0.3, -0.25) is 4.79 Å². The van der Waals surface area contributed by atoms with Crippen LogP contribution in [0.3, 0.4) is 0 Å². The van der Waals surface area contributed by atoms with E-state index in [1.807, 2.05) is 17.9 Å². The minimum Gasteiger partial charge on any atom is -0.481 e. The molecule has 3 fully saturated rings. The number of halogens is 3. The van der Waals surface area contributed by atoms with Crippen molar-refractivity contribution in [2.24, 2.45) is 5.41 Å². The topological polar surface area (TPSA) is 112 Å². The second kappa shape index (κ2) is 12.9. The minimum atomic E-state index is -4.61. The van der Waals surface area contributed by atoms with Crippen molar-refractivity contribution in [2.45, 2.75) is 44.7 Å². The van der Waals surface area contributed by atoms with Crippen LogP contribution in [-0.2, 0) is 4.79 Å². The highest BCUT2D eigenvalue weighted by Crippen LogP contribution is 2.49. The zero-order valence-electron chi connectivity index (χ0n) is 27.5. The highest BCUT2D eigenvalue weighted by molar-refractivity contribution is 6.06. The quantitative estimate of drug-likeness (QED) is 0.168. The normalized spacial score (nSPS) is 18.5. The predicted molar refractivity (Wildman–Crippen MR) is 184 cm³/mol. The summed E-state index contributed by atoms with van der Waals surface area (Å²) in [6.07, 6.45) is 2.77. The summed E-state index contributed by atoms with van der Waals surface area (Å²) in [5, 5.41) is 8.75. The Hall–Kier alpha value is -4.45. The number of hydrogen-bond acceptors (Lipinski definition) is 8. The lowest BCUT2D eigenvalue weighted by atomic mass is 9.72. The van der Waals surface area contributed by atoms with E-state index in [2.05, 4.69) is 30.0 Å². The summed E-state index contributed by atoms with van der Waals surface area (Å²) >= 11 is 0. The molecule has 1 amide bonds. The van der Waals surface area contributed by atoms with Crippen molar-refractivity contribution < 1.29 is 22.7 Å². The summed E-state index contributed by atoms with van der Waals surface area (Å²) in [5.41, 5.74) is 9.42. The molecule has 12 heteroatoms. The average Bonchev–Trinajstić information content (AvgIpc) is 3.05. The molecule has 3 aliphatic rings. The molecule has 3 aliphatic heterocycles. The number of nitrogens with one attached hydrogen (secondary N) is 1. The van der Waals surface area contributed by atoms with E-state index in [0.29, 0.717) is 76.7 Å². The molecule has 2 aromatic carbocycles. The third-order valence-electron chi connectivity index (χ3n) is 10.2. The van der Waals surface area contributed by atoms with Crippen molar-refractivity contribution in [3.05, 3.63) is 59.9 Å². The van der Waals surface area contributed by atoms with Crippen LogP contribution in [-0.4, -0.2) is 91.0 Å². The second-order valence-electron chi connectivity index (χ2n) is 13.4. The fourth-order valence-corrected chi connectivity index (χ4v) is 7.45. The number of fused-ring (bicyclic) bond motifs is 1. The van der Waals surface area contributed by atoms with Gasteiger partial charge >= 0.3 is 6.18 Å². The molecule has 48 heavy (non-hydrogen) atoms. The molecule has 1 spiro atoms. The number of piperidine rings is 2. The molecule has 0 unspecified atom stereocenters. The zero-order valence-corrected chi connectivity index (χ0v) is 27.5. The average molecular weight is 662 g/mol. The maximum Gasteiger partial charge on any atom is 0.422 e. The van der Waals surface area contributed by atoms with Gasteiger partial charge in [-0.15, -0.1) is 0 Å². The molecular weight excluding hydrogens is 619 g/mol. The summed E-state index contributed by atoms with van der Waals surface area (Å²) < 4.78 is 47.3. The number of nitrogen functional groups attached to an aromatic ring is 1. The van der Waals surface area contributed by atoms with E-state index < -0.39 is 12.8 Å². The lowest BCUT2D eigenvalue weighted by molar-refractivity contribution is -0.153. The molecule has 3 saturated heterocycles. The van der Waals surface area contributed by atoms with Gasteiger partial charge in [0.15, 0.2) is 12.4 Å². The van der Waals surface area contributed by atoms with Crippen molar-refractivity contribution in [3.63, 3.8) is 0 Å². The van der Waals surface area contributed by atoms with Gasteiger partial charge in [0.1, 0.15) is 17.2 Å². The summed E-state index contributed by atoms with van der Waals surface area (Å²) in [6.45, 7) is 12.4. The van der Waals surface area contributed by atoms with Crippen molar-refractivity contribution in [3.8, 4) is 16.9 Å². The van der Waals surface area contributed by atoms with Gasteiger partial charge in [-0.1, -0.05) is 25.3 Å². The number of aryl methyl sites for hydroxylation is 1. The number of benzene rings is 2. The number of rotatable bonds is 8. The van der Waals surface area contributed by atoms with Gasteiger partial charge in [0.2, 0.25) is 5.91 Å². The third-order valence-corrected chi connectivity index (χ3v) is 10.2. The fraction of sp³-hybridized carbons (Fsp3) is 0.444. The van der Waals surface area contributed by atoms with Gasteiger partial charge in [-0.05, 0) is 87.6 Å². The predicted octanol–water partition coefficient (Wildman–Crippen LogP) is 6.19. The first-order valence-electron chi connectivity index (χ1n) is 16.3. The summed E-state index contributed by atoms with van der Waals surface area (Å²) in [5.74, 6) is 1.18. The Labute approximate surface area is 278 Å². The third kappa shape index (κ3) is 6.25. The van der Waals surface area contributed by atoms with Gasteiger partial charge in [-0.25, -0.2) is 9.97 Å². The van der Waals surface area contributed by atoms with Crippen molar-refractivity contribution in [1.82, 2.24) is 19.8 Å². The van der Waals surface area contributed by atoms with E-state index in [9.17, 15) is 18.0 Å². The monoisotopic (exact) mass is 661 g/mol. The van der Waals surface area contributed by atoms with E-state index in [1.165, 1.54) is 6.08 Å². The van der Waals surface area contributed by atoms with Crippen LogP contribution < -0.4 is 15.4 Å². The smallest absolute Gasteiger partial charge is 0.422 e. The number of carbonyl (C=O) groups is 1. The standard InChI is InChI=1S/C36H42F3N7O2/c1-5-23-17-25-31(32(48-21-36(37,38)39)30(23)29-22(3)7-8-27(41)26(29)18-40)42-33(24-9-13-44(4)14-10-24)43-34(25)46-19-35(20-46)11-15-45(16-12-35)28(47)6-2/h5-8,17-18,24,40H,1-2,9-16,19-21,41H2,3-4H3. The summed E-state index contributed by atoms with van der Waals surface area (Å²) in [7, 11) is 2.07. The first-order valence-corrected chi connectivity index (χ1v) is 16.3. The Morgan fingerprint density at radius 2 is 1.81 bits per heavy atom. The minimum absolute atomic E-state index is 0.0112. The number of nitrogens with two attached hydrogens (primary N) is 1. The highest BCUT2D eigenvalue weighted by Gasteiger charge is 2.46. The number of hydrogen-bond donors (Lipinski definition) is 2. The maximum atomic E-state index is 13.9. The number of aromatic nitrogens is 2. The van der Waals surface area contributed by atoms with Gasteiger partial charge in [0, 0.05) is 65.9 Å². The first-order chi connectivity index (χ1) is 22.9. The SMILES string of the molecule is C=CC(=O)N1CCC2(CC1)CN(c1nc(C3CCN(C)CC3)nc3c(OCC(F)(F)F)c(-c4c(C)ccc(N)c4C=N)c(C=C)cc13)C2. The van der Waals surface area contributed by atoms with E-state index in [4.69, 9.17) is 25.8 Å². The Bertz CT molecular complexity index is 1770. The number of ether oxygens (including phenoxy) is 1. The summed E-state index contributed by atoms with van der Waals surface area (Å²) in [4.78, 5) is 28.6. The van der Waals surface area contributed by atoms with E-state index in [1.54, 1.807) is 18.2 Å². The molecule has 0 bridgehead atoms. The maximum absolute atomic E-state index is 13.9. The lowest BCUT2D eigenvalue weighted by Gasteiger charge is -2.54. The number of nitrogens with zero attached hydrogens (tertiary/aromatic N) is 5. The van der Waals surface area contributed by atoms with Crippen molar-refractivity contribution >= 4 is 40.6 Å². The van der Waals surface area contributed by atoms with Crippen LogP contribution in [0.5, 0.6) is 5.75 Å². The molecule has 9 nitrogen and oxygen atoms in total. The molecule has 3 N–H and O–H groups in total. The zero-order chi connectivity index (χ0) is 34.4. The molecule has 0 atom stereocenters. The van der Waals surface area contributed by atoms with Crippen molar-refractivity contribution in [1.29, 1.82) is 5.41 Å². The lowest BCUT2D eigenvalue weighted by Crippen LogP contribution is -2.61. The van der Waals surface area contributed by atoms with Crippen LogP contribution in [0, 0.1) is 17.7 Å². The Balaban J connectivity index is 1.54. The van der Waals surface area contributed by atoms with Gasteiger partial charge in [0.25, 0.3) is 0 Å². The van der Waals surface area contributed by atoms with Crippen molar-refractivity contribution in [2.75, 3.05) is 63.6 Å². The van der Waals surface area contributed by atoms with Crippen LogP contribution in [0.1, 0.15) is 54.1 Å². The molecule has 0 aliphatic carbocycles. The fourth-order valence-electron chi connectivity index (χ4n) is 7.45. The summed E-state index contributed by atoms with van der Waals surface area (Å²) in [6, 6.07) is 5.34. The first kappa shape index (κ1) is 33.5. The molecular formula is C36H42F3N7O2. The van der Waals surface area contributed by atoms with Crippen LogP contribution >= 0.6 is 0 Å². The Morgan fingerprint density at radius 1 is 1.12 bits per heavy atom. The van der Waals surface area contributed by atoms with E-state index >= 15 is 0 Å². The molecule has 0 saturated carbocycles. The molecule has 1 aromatic heterocycles. The number of amides is 1. The second-order valence-corrected chi connectivity index (χ2v) is 13.4. The van der Waals surface area contributed by atoms with Crippen LogP contribution in [0.2, 0.25) is 0 Å². The van der Waals surface area contributed by atoms with E-state index in [0.717, 1.165) is 50.6 Å². The number of alkyl halides is 3. The van der Waals surface area contributed by atoms with Gasteiger partial charge in [-0.2, -0.15) is 13.2 Å². The molecule has 3 aromatic rings. The van der Waals surface area contributed by atoms with Gasteiger partial charge < -0.3 is 30.6 Å². The van der Waals surface area contributed by atoms with E-state index in [-0.39, 0.29) is 23.0 Å². The Kier molecular flexibility index (Phi) is 8.97. The van der Waals surface area contributed by atoms with Crippen LogP contribution in [0.25, 0.3) is 28.1 Å². The molecule has 0 radical (unpaired) electrons. The van der Waals surface area contributed by atoms with Crippen LogP contribution in [0.15, 0.2) is 37.4 Å². The Morgan fingerprint density at radius 3 is 2.42 bits per heavy atom. The number of carbonyl (C=O) groups excluding carboxylic acids is 1. The number of likely N-dealkylation sites (tertiary alicyclic amines) is 2. The van der Waals surface area contributed by atoms with Gasteiger partial charge in [0.05, 0.1) is 0 Å². The van der Waals surface area contributed by atoms with Crippen LogP contribution in [0.4, 0.5) is 24.7 Å². The molecule has 254 valence electrons. The molecule has 4 heterocycles. The highest BCUT2D eigenvalue weighted by atomic mass is 19.4. The molecule has 6 rings (SSSR count). The largest absolute Gasteiger partial charge is 0.481 e.